The van der Waals surface area contributed by atoms with Crippen molar-refractivity contribution >= 4 is 46.0 Å². The average Bonchev–Trinajstić information content (AvgIpc) is 3.91. The van der Waals surface area contributed by atoms with Crippen LogP contribution in [0.15, 0.2) is 54.7 Å². The van der Waals surface area contributed by atoms with Crippen molar-refractivity contribution in [3.05, 3.63) is 105 Å². The Balaban J connectivity index is 0.768. The minimum absolute atomic E-state index is 0.0356. The van der Waals surface area contributed by atoms with Gasteiger partial charge in [-0.2, -0.15) is 0 Å². The number of carbonyl (C=O) groups is 5. The van der Waals surface area contributed by atoms with Gasteiger partial charge in [0.05, 0.1) is 22.9 Å². The molecule has 62 heavy (non-hydrogen) atoms. The first kappa shape index (κ1) is 40.5. The summed E-state index contributed by atoms with van der Waals surface area (Å²) in [6, 6.07) is 11.8. The van der Waals surface area contributed by atoms with Crippen LogP contribution in [-0.2, 0) is 33.9 Å². The third-order valence-electron chi connectivity index (χ3n) is 14.1. The van der Waals surface area contributed by atoms with Crippen LogP contribution in [-0.4, -0.2) is 103 Å². The molecule has 0 radical (unpaired) electrons. The second-order valence-corrected chi connectivity index (χ2v) is 18.8. The second kappa shape index (κ2) is 15.3. The van der Waals surface area contributed by atoms with Gasteiger partial charge in [0.2, 0.25) is 17.7 Å². The predicted octanol–water partition coefficient (Wildman–Crippen LogP) is 6.38. The summed E-state index contributed by atoms with van der Waals surface area (Å²) in [7, 11) is 0. The Kier molecular flexibility index (Phi) is 10.0. The molecule has 10 rings (SSSR count). The van der Waals surface area contributed by atoms with Crippen molar-refractivity contribution in [3.63, 3.8) is 0 Å². The van der Waals surface area contributed by atoms with Gasteiger partial charge >= 0.3 is 0 Å². The van der Waals surface area contributed by atoms with Crippen LogP contribution in [0.1, 0.15) is 126 Å². The minimum Gasteiger partial charge on any atom is -0.357 e. The number of imide groups is 2. The van der Waals surface area contributed by atoms with Gasteiger partial charge in [0, 0.05) is 79.9 Å². The van der Waals surface area contributed by atoms with E-state index in [4.69, 9.17) is 4.98 Å². The fourth-order valence-electron chi connectivity index (χ4n) is 11.0. The molecule has 7 heterocycles. The number of nitrogens with zero attached hydrogens (tertiary/aromatic N) is 5. The minimum atomic E-state index is -1.49. The Hall–Kier alpha value is -5.60. The van der Waals surface area contributed by atoms with Crippen molar-refractivity contribution in [1.82, 2.24) is 34.9 Å². The standard InChI is InChI=1S/C48H51F2N7O5/c1-26-18-34-33-6-4-5-7-38(33)52-41(34)43(56(26)25-48(2,3)50)42-37(49)21-29(22-51-42)27-8-10-28(11-9-27)45(60)54-16-14-32(15-17-54)55-23-30-19-35-36(20-31(30)24-55)47(62)57(46(35)61)39-12-13-40(58)53-44(39)59/h4-8,19-22,26,28,32,39,43,52H,9-18,23-25H2,1-3H3,(H,53,58,59)/t26-,28?,39?,43+/m1/s1. The number of carbonyl (C=O) groups excluding carboxylic acids is 5. The number of aromatic amines is 1. The number of halogens is 2. The Bertz CT molecular complexity index is 2540. The molecule has 5 aliphatic heterocycles. The van der Waals surface area contributed by atoms with Crippen LogP contribution in [0.3, 0.4) is 0 Å². The number of hydrogen-bond acceptors (Lipinski definition) is 8. The van der Waals surface area contributed by atoms with Crippen molar-refractivity contribution < 1.29 is 32.8 Å². The fourth-order valence-corrected chi connectivity index (χ4v) is 11.0. The van der Waals surface area contributed by atoms with E-state index in [2.05, 4.69) is 34.3 Å². The van der Waals surface area contributed by atoms with E-state index < -0.39 is 47.2 Å². The summed E-state index contributed by atoms with van der Waals surface area (Å²) in [6.45, 7) is 7.85. The number of rotatable bonds is 7. The molecule has 2 aromatic carbocycles. The second-order valence-electron chi connectivity index (χ2n) is 18.8. The molecule has 6 aliphatic rings. The molecule has 0 saturated carbocycles. The van der Waals surface area contributed by atoms with Gasteiger partial charge in [0.15, 0.2) is 0 Å². The van der Waals surface area contributed by atoms with E-state index in [-0.39, 0.29) is 49.0 Å². The molecule has 1 aliphatic carbocycles. The van der Waals surface area contributed by atoms with Crippen LogP contribution in [0.4, 0.5) is 8.78 Å². The summed E-state index contributed by atoms with van der Waals surface area (Å²) < 4.78 is 31.6. The molecule has 2 unspecified atom stereocenters. The first-order chi connectivity index (χ1) is 29.7. The number of para-hydroxylation sites is 1. The highest BCUT2D eigenvalue weighted by Gasteiger charge is 2.46. The van der Waals surface area contributed by atoms with Crippen LogP contribution in [0.25, 0.3) is 16.5 Å². The number of fused-ring (bicyclic) bond motifs is 5. The van der Waals surface area contributed by atoms with Gasteiger partial charge in [0.25, 0.3) is 11.8 Å². The maximum Gasteiger partial charge on any atom is 0.262 e. The van der Waals surface area contributed by atoms with E-state index >= 15 is 8.78 Å². The van der Waals surface area contributed by atoms with E-state index in [1.54, 1.807) is 38.2 Å². The van der Waals surface area contributed by atoms with Crippen molar-refractivity contribution in [2.75, 3.05) is 19.6 Å². The fraction of sp³-hybridized carbons (Fsp3) is 0.458. The van der Waals surface area contributed by atoms with Gasteiger partial charge in [-0.1, -0.05) is 24.3 Å². The SMILES string of the molecule is C[C@@H]1Cc2c([nH]c3ccccc23)[C@@H](c2ncc(C3=CCC(C(=O)N4CCC(N5Cc6cc7c(cc6C5)C(=O)N(C5CCC(=O)NC5=O)C7=O)CC4)CC3)cc2F)N1CC(C)(C)F. The Morgan fingerprint density at radius 1 is 0.935 bits per heavy atom. The summed E-state index contributed by atoms with van der Waals surface area (Å²) in [5, 5.41) is 3.34. The smallest absolute Gasteiger partial charge is 0.262 e. The Morgan fingerprint density at radius 2 is 1.65 bits per heavy atom. The summed E-state index contributed by atoms with van der Waals surface area (Å²) in [6.07, 6.45) is 8.19. The molecule has 14 heteroatoms. The molecular formula is C48H51F2N7O5. The molecule has 4 aromatic rings. The molecule has 4 atom stereocenters. The van der Waals surface area contributed by atoms with Crippen LogP contribution >= 0.6 is 0 Å². The Morgan fingerprint density at radius 3 is 2.29 bits per heavy atom. The van der Waals surface area contributed by atoms with E-state index in [9.17, 15) is 24.0 Å². The zero-order valence-corrected chi connectivity index (χ0v) is 35.3. The lowest BCUT2D eigenvalue weighted by Gasteiger charge is -2.42. The highest BCUT2D eigenvalue weighted by Crippen LogP contribution is 2.43. The monoisotopic (exact) mass is 843 g/mol. The highest BCUT2D eigenvalue weighted by molar-refractivity contribution is 6.23. The number of nitrogens with one attached hydrogen (secondary N) is 2. The molecule has 12 nitrogen and oxygen atoms in total. The van der Waals surface area contributed by atoms with Gasteiger partial charge in [-0.25, -0.2) is 8.78 Å². The summed E-state index contributed by atoms with van der Waals surface area (Å²) >= 11 is 0. The van der Waals surface area contributed by atoms with Crippen LogP contribution in [0.2, 0.25) is 0 Å². The highest BCUT2D eigenvalue weighted by atomic mass is 19.1. The van der Waals surface area contributed by atoms with Crippen LogP contribution < -0.4 is 5.32 Å². The molecule has 2 aromatic heterocycles. The maximum absolute atomic E-state index is 16.4. The van der Waals surface area contributed by atoms with Crippen LogP contribution in [0, 0.1) is 11.7 Å². The third kappa shape index (κ3) is 7.04. The van der Waals surface area contributed by atoms with Gasteiger partial charge in [-0.3, -0.25) is 49.0 Å². The lowest BCUT2D eigenvalue weighted by Crippen LogP contribution is -2.54. The number of allylic oxidation sites excluding steroid dienone is 2. The number of H-pyrrole nitrogens is 1. The van der Waals surface area contributed by atoms with Crippen molar-refractivity contribution in [2.45, 2.75) is 115 Å². The molecule has 2 saturated heterocycles. The molecule has 0 spiro atoms. The number of pyridine rings is 1. The zero-order chi connectivity index (χ0) is 43.2. The zero-order valence-electron chi connectivity index (χ0n) is 35.3. The van der Waals surface area contributed by atoms with E-state index in [1.807, 2.05) is 28.0 Å². The summed E-state index contributed by atoms with van der Waals surface area (Å²) in [4.78, 5) is 80.4. The number of piperidine rings is 2. The van der Waals surface area contributed by atoms with Gasteiger partial charge in [-0.15, -0.1) is 0 Å². The first-order valence-corrected chi connectivity index (χ1v) is 22.0. The molecule has 0 bridgehead atoms. The number of hydrogen-bond donors (Lipinski definition) is 2. The lowest BCUT2D eigenvalue weighted by atomic mass is 9.85. The quantitative estimate of drug-likeness (QED) is 0.205. The van der Waals surface area contributed by atoms with Gasteiger partial charge in [0.1, 0.15) is 17.5 Å². The molecule has 2 fully saturated rings. The Labute approximate surface area is 358 Å². The largest absolute Gasteiger partial charge is 0.357 e. The topological polar surface area (TPSA) is 139 Å². The van der Waals surface area contributed by atoms with Crippen molar-refractivity contribution in [2.24, 2.45) is 5.92 Å². The number of aromatic nitrogens is 2. The normalized spacial score (nSPS) is 25.0. The molecule has 2 N–H and O–H groups in total. The molecule has 322 valence electrons. The number of benzene rings is 2. The molecular weight excluding hydrogens is 793 g/mol. The van der Waals surface area contributed by atoms with E-state index in [0.717, 1.165) is 63.0 Å². The summed E-state index contributed by atoms with van der Waals surface area (Å²) in [5.74, 6) is -2.46. The third-order valence-corrected chi connectivity index (χ3v) is 14.1. The van der Waals surface area contributed by atoms with E-state index in [1.165, 1.54) is 0 Å². The van der Waals surface area contributed by atoms with Crippen molar-refractivity contribution in [1.29, 1.82) is 0 Å². The number of amides is 5. The number of alkyl halides is 1. The van der Waals surface area contributed by atoms with E-state index in [0.29, 0.717) is 62.1 Å². The lowest BCUT2D eigenvalue weighted by molar-refractivity contribution is -0.138. The van der Waals surface area contributed by atoms with Crippen LogP contribution in [0.5, 0.6) is 0 Å². The maximum atomic E-state index is 16.4. The summed E-state index contributed by atoms with van der Waals surface area (Å²) in [5.41, 5.74) is 5.97. The van der Waals surface area contributed by atoms with Gasteiger partial charge in [-0.05, 0) is 118 Å². The number of likely N-dealkylation sites (tertiary alicyclic amines) is 1. The van der Waals surface area contributed by atoms with Gasteiger partial charge < -0.3 is 9.88 Å². The first-order valence-electron chi connectivity index (χ1n) is 22.0. The molecule has 5 amide bonds. The average molecular weight is 844 g/mol. The predicted molar refractivity (Wildman–Crippen MR) is 227 cm³/mol. The van der Waals surface area contributed by atoms with Crippen molar-refractivity contribution in [3.8, 4) is 0 Å².